The van der Waals surface area contributed by atoms with Crippen molar-refractivity contribution < 1.29 is 46.4 Å². The van der Waals surface area contributed by atoms with E-state index in [-0.39, 0.29) is 24.3 Å². The Balaban J connectivity index is 0.00000184. The maximum Gasteiger partial charge on any atom is 0.573 e. The second-order valence-electron chi connectivity index (χ2n) is 5.32. The molecule has 0 fully saturated rings. The molecule has 11 heteroatoms. The summed E-state index contributed by atoms with van der Waals surface area (Å²) in [6.07, 6.45) is -10.5. The average molecular weight is 431 g/mol. The lowest BCUT2D eigenvalue weighted by molar-refractivity contribution is -0.274. The molecule has 168 valence electrons. The fraction of sp³-hybridized carbons (Fsp3) is 0.611. The highest BCUT2D eigenvalue weighted by atomic mass is 19.4. The normalized spacial score (nSPS) is 19.7. The molecule has 0 aromatic heterocycles. The third kappa shape index (κ3) is 9.86. The Hall–Kier alpha value is -1.98. The second kappa shape index (κ2) is 13.3. The third-order valence-corrected chi connectivity index (χ3v) is 3.42. The number of aliphatic hydroxyl groups is 2. The molecule has 1 aliphatic heterocycles. The summed E-state index contributed by atoms with van der Waals surface area (Å²) in [6, 6.07) is 4.08. The standard InChI is InChI=1S/C15H16F5NO4.C2H6.CH4O/c1-23-11(13(16)17)6-9-7-12(22)24-14(21-9)8-3-2-4-10(5-8)25-15(18,19)20;2*1-2/h2-5,9,11-13,22H,6-7H2,1H3;1-2H3;2H,1H3. The van der Waals surface area contributed by atoms with E-state index < -0.39 is 37.0 Å². The number of hydrogen-bond acceptors (Lipinski definition) is 6. The first kappa shape index (κ1) is 27.0. The van der Waals surface area contributed by atoms with Crippen molar-refractivity contribution in [3.05, 3.63) is 29.8 Å². The molecule has 2 N–H and O–H groups in total. The molecule has 6 nitrogen and oxygen atoms in total. The Morgan fingerprint density at radius 2 is 1.86 bits per heavy atom. The first-order valence-corrected chi connectivity index (χ1v) is 8.72. The highest BCUT2D eigenvalue weighted by Gasteiger charge is 2.32. The highest BCUT2D eigenvalue weighted by molar-refractivity contribution is 5.95. The first-order valence-electron chi connectivity index (χ1n) is 8.72. The van der Waals surface area contributed by atoms with Gasteiger partial charge in [-0.3, -0.25) is 0 Å². The van der Waals surface area contributed by atoms with Crippen LogP contribution in [0.2, 0.25) is 0 Å². The molecule has 0 spiro atoms. The lowest BCUT2D eigenvalue weighted by Crippen LogP contribution is -2.34. The fourth-order valence-electron chi connectivity index (χ4n) is 2.35. The van der Waals surface area contributed by atoms with Crippen LogP contribution in [0.15, 0.2) is 29.3 Å². The van der Waals surface area contributed by atoms with Gasteiger partial charge in [-0.1, -0.05) is 19.9 Å². The zero-order chi connectivity index (χ0) is 22.6. The van der Waals surface area contributed by atoms with Crippen LogP contribution in [0.25, 0.3) is 0 Å². The lowest BCUT2D eigenvalue weighted by Gasteiger charge is -2.27. The summed E-state index contributed by atoms with van der Waals surface area (Å²) in [5, 5.41) is 16.7. The largest absolute Gasteiger partial charge is 0.573 e. The van der Waals surface area contributed by atoms with Gasteiger partial charge in [0, 0.05) is 32.6 Å². The van der Waals surface area contributed by atoms with E-state index in [0.29, 0.717) is 0 Å². The fourth-order valence-corrected chi connectivity index (χ4v) is 2.35. The molecule has 1 heterocycles. The third-order valence-electron chi connectivity index (χ3n) is 3.42. The molecule has 3 atom stereocenters. The monoisotopic (exact) mass is 431 g/mol. The van der Waals surface area contributed by atoms with Crippen molar-refractivity contribution in [1.82, 2.24) is 0 Å². The summed E-state index contributed by atoms with van der Waals surface area (Å²) in [4.78, 5) is 4.09. The van der Waals surface area contributed by atoms with Crippen LogP contribution >= 0.6 is 0 Å². The van der Waals surface area contributed by atoms with Gasteiger partial charge in [-0.2, -0.15) is 0 Å². The van der Waals surface area contributed by atoms with Crippen LogP contribution in [0.4, 0.5) is 22.0 Å². The SMILES string of the molecule is CC.CO.COC(CC1CC(O)OC(c2cccc(OC(F)(F)F)c2)=N1)C(F)F. The van der Waals surface area contributed by atoms with Crippen molar-refractivity contribution >= 4 is 5.90 Å². The van der Waals surface area contributed by atoms with Crippen molar-refractivity contribution in [3.63, 3.8) is 0 Å². The zero-order valence-electron chi connectivity index (χ0n) is 16.5. The number of nitrogens with zero attached hydrogens (tertiary/aromatic N) is 1. The maximum absolute atomic E-state index is 12.8. The number of aliphatic imine (C=N–C) groups is 1. The van der Waals surface area contributed by atoms with Crippen LogP contribution < -0.4 is 4.74 Å². The molecular formula is C18H26F5NO5. The molecule has 2 rings (SSSR count). The van der Waals surface area contributed by atoms with E-state index in [2.05, 4.69) is 14.5 Å². The minimum Gasteiger partial charge on any atom is -0.448 e. The molecule has 0 saturated heterocycles. The van der Waals surface area contributed by atoms with Crippen molar-refractivity contribution in [1.29, 1.82) is 0 Å². The number of methoxy groups -OCH3 is 1. The zero-order valence-corrected chi connectivity index (χ0v) is 16.5. The summed E-state index contributed by atoms with van der Waals surface area (Å²) < 4.78 is 76.0. The predicted molar refractivity (Wildman–Crippen MR) is 96.1 cm³/mol. The van der Waals surface area contributed by atoms with E-state index in [1.807, 2.05) is 13.8 Å². The number of halogens is 5. The quantitative estimate of drug-likeness (QED) is 0.671. The minimum atomic E-state index is -4.86. The Bertz CT molecular complexity index is 613. The Labute approximate surface area is 165 Å². The highest BCUT2D eigenvalue weighted by Crippen LogP contribution is 2.26. The number of hydrogen-bond donors (Lipinski definition) is 2. The van der Waals surface area contributed by atoms with Crippen LogP contribution in [-0.2, 0) is 9.47 Å². The molecule has 0 radical (unpaired) electrons. The van der Waals surface area contributed by atoms with Gasteiger partial charge in [0.2, 0.25) is 12.2 Å². The van der Waals surface area contributed by atoms with Gasteiger partial charge in [-0.05, 0) is 18.2 Å². The molecule has 1 aromatic carbocycles. The molecular weight excluding hydrogens is 405 g/mol. The molecule has 3 unspecified atom stereocenters. The average Bonchev–Trinajstić information content (AvgIpc) is 2.67. The molecule has 0 bridgehead atoms. The summed E-state index contributed by atoms with van der Waals surface area (Å²) in [7, 11) is 2.13. The molecule has 0 aliphatic carbocycles. The molecule has 1 aromatic rings. The number of rotatable bonds is 6. The van der Waals surface area contributed by atoms with E-state index in [1.54, 1.807) is 0 Å². The molecule has 0 saturated carbocycles. The van der Waals surface area contributed by atoms with Gasteiger partial charge in [-0.15, -0.1) is 13.2 Å². The van der Waals surface area contributed by atoms with Gasteiger partial charge in [0.05, 0.1) is 6.04 Å². The van der Waals surface area contributed by atoms with Crippen LogP contribution in [0.1, 0.15) is 32.3 Å². The van der Waals surface area contributed by atoms with Gasteiger partial charge < -0.3 is 24.4 Å². The second-order valence-corrected chi connectivity index (χ2v) is 5.32. The van der Waals surface area contributed by atoms with Crippen molar-refractivity contribution in [2.75, 3.05) is 14.2 Å². The van der Waals surface area contributed by atoms with Crippen molar-refractivity contribution in [3.8, 4) is 5.75 Å². The Morgan fingerprint density at radius 1 is 1.24 bits per heavy atom. The number of aliphatic hydroxyl groups excluding tert-OH is 2. The Kier molecular flexibility index (Phi) is 12.4. The lowest BCUT2D eigenvalue weighted by atomic mass is 10.0. The van der Waals surface area contributed by atoms with Gasteiger partial charge in [-0.25, -0.2) is 13.8 Å². The predicted octanol–water partition coefficient (Wildman–Crippen LogP) is 3.74. The van der Waals surface area contributed by atoms with Crippen molar-refractivity contribution in [2.24, 2.45) is 4.99 Å². The summed E-state index contributed by atoms with van der Waals surface area (Å²) in [6.45, 7) is 4.00. The van der Waals surface area contributed by atoms with Crippen LogP contribution in [0.5, 0.6) is 5.75 Å². The minimum absolute atomic E-state index is 0.0329. The van der Waals surface area contributed by atoms with Crippen LogP contribution in [-0.4, -0.2) is 61.6 Å². The van der Waals surface area contributed by atoms with Crippen molar-refractivity contribution in [2.45, 2.75) is 57.9 Å². The van der Waals surface area contributed by atoms with E-state index in [0.717, 1.165) is 26.4 Å². The van der Waals surface area contributed by atoms with Gasteiger partial charge in [0.15, 0.2) is 0 Å². The van der Waals surface area contributed by atoms with Crippen LogP contribution in [0.3, 0.4) is 0 Å². The van der Waals surface area contributed by atoms with Gasteiger partial charge in [0.25, 0.3) is 6.43 Å². The summed E-state index contributed by atoms with van der Waals surface area (Å²) in [5.41, 5.74) is 0.122. The number of benzene rings is 1. The maximum atomic E-state index is 12.8. The first-order chi connectivity index (χ1) is 13.7. The van der Waals surface area contributed by atoms with Gasteiger partial charge >= 0.3 is 6.36 Å². The summed E-state index contributed by atoms with van der Waals surface area (Å²) >= 11 is 0. The molecule has 29 heavy (non-hydrogen) atoms. The van der Waals surface area contributed by atoms with E-state index >= 15 is 0 Å². The Morgan fingerprint density at radius 3 is 2.38 bits per heavy atom. The molecule has 0 amide bonds. The van der Waals surface area contributed by atoms with Crippen LogP contribution in [0, 0.1) is 0 Å². The van der Waals surface area contributed by atoms with Gasteiger partial charge in [0.1, 0.15) is 11.9 Å². The van der Waals surface area contributed by atoms with E-state index in [4.69, 9.17) is 9.84 Å². The van der Waals surface area contributed by atoms with E-state index in [9.17, 15) is 27.1 Å². The number of ether oxygens (including phenoxy) is 3. The smallest absolute Gasteiger partial charge is 0.448 e. The number of alkyl halides is 5. The molecule has 1 aliphatic rings. The van der Waals surface area contributed by atoms with E-state index in [1.165, 1.54) is 12.1 Å². The topological polar surface area (TPSA) is 80.5 Å². The summed E-state index contributed by atoms with van der Waals surface area (Å²) in [5.74, 6) is -0.643.